The molecule has 4 aliphatic rings. The number of hydrogen-bond acceptors (Lipinski definition) is 2. The Bertz CT molecular complexity index is 641. The van der Waals surface area contributed by atoms with Crippen LogP contribution in [-0.2, 0) is 4.79 Å². The first kappa shape index (κ1) is 14.9. The van der Waals surface area contributed by atoms with Gasteiger partial charge in [-0.25, -0.2) is 0 Å². The fraction of sp³-hybridized carbons (Fsp3) is 0.600. The van der Waals surface area contributed by atoms with Gasteiger partial charge in [-0.05, 0) is 81.8 Å². The molecule has 1 amide bonds. The van der Waals surface area contributed by atoms with Crippen molar-refractivity contribution in [3.8, 4) is 0 Å². The molecular weight excluding hydrogens is 286 g/mol. The van der Waals surface area contributed by atoms with Crippen LogP contribution in [0.1, 0.15) is 61.4 Å². The molecule has 1 aromatic carbocycles. The summed E-state index contributed by atoms with van der Waals surface area (Å²) < 4.78 is 0. The maximum Gasteiger partial charge on any atom is 0.230 e. The Morgan fingerprint density at radius 1 is 1.04 bits per heavy atom. The van der Waals surface area contributed by atoms with Gasteiger partial charge in [0.2, 0.25) is 5.91 Å². The van der Waals surface area contributed by atoms with Crippen molar-refractivity contribution < 1.29 is 9.59 Å². The third-order valence-corrected chi connectivity index (χ3v) is 6.41. The highest BCUT2D eigenvalue weighted by molar-refractivity contribution is 5.99. The van der Waals surface area contributed by atoms with Gasteiger partial charge in [0.1, 0.15) is 0 Å². The van der Waals surface area contributed by atoms with E-state index < -0.39 is 0 Å². The second-order valence-corrected chi connectivity index (χ2v) is 8.24. The van der Waals surface area contributed by atoms with Crippen LogP contribution in [0.4, 0.5) is 5.69 Å². The fourth-order valence-electron chi connectivity index (χ4n) is 5.62. The molecule has 0 aliphatic heterocycles. The number of carbonyl (C=O) groups excluding carboxylic acids is 2. The first-order valence-corrected chi connectivity index (χ1v) is 8.88. The highest BCUT2D eigenvalue weighted by Crippen LogP contribution is 2.60. The largest absolute Gasteiger partial charge is 0.325 e. The first-order valence-electron chi connectivity index (χ1n) is 8.88. The average molecular weight is 311 g/mol. The van der Waals surface area contributed by atoms with Crippen molar-refractivity contribution in [2.24, 2.45) is 23.2 Å². The standard InChI is InChI=1S/C20H25NO2/c1-12-3-4-17(13(2)22)8-18(12)21-19(23)20-9-14-5-15(10-20)7-16(6-14)11-20/h3-4,8,14-16H,5-7,9-11H2,1-2H3,(H,21,23). The third kappa shape index (κ3) is 2.50. The molecule has 3 heteroatoms. The minimum atomic E-state index is -0.145. The summed E-state index contributed by atoms with van der Waals surface area (Å²) in [4.78, 5) is 24.7. The normalized spacial score (nSPS) is 34.4. The van der Waals surface area contributed by atoms with Gasteiger partial charge in [0.05, 0.1) is 5.41 Å². The maximum atomic E-state index is 13.1. The minimum absolute atomic E-state index is 0.0373. The van der Waals surface area contributed by atoms with Gasteiger partial charge in [0, 0.05) is 11.3 Å². The lowest BCUT2D eigenvalue weighted by atomic mass is 9.49. The van der Waals surface area contributed by atoms with E-state index in [2.05, 4.69) is 5.32 Å². The zero-order valence-electron chi connectivity index (χ0n) is 14.0. The molecule has 23 heavy (non-hydrogen) atoms. The SMILES string of the molecule is CC(=O)c1ccc(C)c(NC(=O)C23CC4CC(CC(C4)C2)C3)c1. The lowest BCUT2D eigenvalue weighted by Crippen LogP contribution is -2.51. The van der Waals surface area contributed by atoms with Crippen LogP contribution in [-0.4, -0.2) is 11.7 Å². The smallest absolute Gasteiger partial charge is 0.230 e. The monoisotopic (exact) mass is 311 g/mol. The molecule has 4 aliphatic carbocycles. The second kappa shape index (κ2) is 5.19. The minimum Gasteiger partial charge on any atom is -0.325 e. The van der Waals surface area contributed by atoms with Gasteiger partial charge in [-0.15, -0.1) is 0 Å². The molecule has 1 aromatic rings. The van der Waals surface area contributed by atoms with E-state index in [4.69, 9.17) is 0 Å². The second-order valence-electron chi connectivity index (χ2n) is 8.24. The van der Waals surface area contributed by atoms with Crippen LogP contribution in [0.5, 0.6) is 0 Å². The number of ketones is 1. The maximum absolute atomic E-state index is 13.1. The molecule has 0 radical (unpaired) electrons. The van der Waals surface area contributed by atoms with E-state index >= 15 is 0 Å². The average Bonchev–Trinajstić information content (AvgIpc) is 2.47. The predicted molar refractivity (Wildman–Crippen MR) is 90.4 cm³/mol. The van der Waals surface area contributed by atoms with Gasteiger partial charge in [0.15, 0.2) is 5.78 Å². The van der Waals surface area contributed by atoms with Crippen LogP contribution < -0.4 is 5.32 Å². The summed E-state index contributed by atoms with van der Waals surface area (Å²) in [5.74, 6) is 2.51. The summed E-state index contributed by atoms with van der Waals surface area (Å²) in [6, 6.07) is 5.58. The molecular formula is C20H25NO2. The number of carbonyl (C=O) groups is 2. The van der Waals surface area contributed by atoms with Crippen LogP contribution in [0.3, 0.4) is 0 Å². The molecule has 4 saturated carbocycles. The quantitative estimate of drug-likeness (QED) is 0.843. The number of amides is 1. The first-order chi connectivity index (χ1) is 10.9. The van der Waals surface area contributed by atoms with Crippen molar-refractivity contribution >= 4 is 17.4 Å². The zero-order valence-corrected chi connectivity index (χ0v) is 14.0. The Balaban J connectivity index is 1.59. The van der Waals surface area contributed by atoms with Gasteiger partial charge in [-0.3, -0.25) is 9.59 Å². The van der Waals surface area contributed by atoms with Gasteiger partial charge in [-0.1, -0.05) is 12.1 Å². The predicted octanol–water partition coefficient (Wildman–Crippen LogP) is 4.35. The molecule has 4 fully saturated rings. The number of benzene rings is 1. The molecule has 0 unspecified atom stereocenters. The molecule has 122 valence electrons. The van der Waals surface area contributed by atoms with Crippen molar-refractivity contribution in [1.29, 1.82) is 0 Å². The van der Waals surface area contributed by atoms with Crippen molar-refractivity contribution in [2.45, 2.75) is 52.4 Å². The van der Waals surface area contributed by atoms with Crippen molar-refractivity contribution in [3.05, 3.63) is 29.3 Å². The Kier molecular flexibility index (Phi) is 3.36. The molecule has 0 spiro atoms. The van der Waals surface area contributed by atoms with Crippen LogP contribution in [0.2, 0.25) is 0 Å². The van der Waals surface area contributed by atoms with Gasteiger partial charge < -0.3 is 5.32 Å². The number of Topliss-reactive ketones (excluding diaryl/α,β-unsaturated/α-hetero) is 1. The molecule has 3 nitrogen and oxygen atoms in total. The van der Waals surface area contributed by atoms with Crippen LogP contribution >= 0.6 is 0 Å². The van der Waals surface area contributed by atoms with Gasteiger partial charge in [-0.2, -0.15) is 0 Å². The van der Waals surface area contributed by atoms with Crippen LogP contribution in [0, 0.1) is 30.1 Å². The lowest BCUT2D eigenvalue weighted by Gasteiger charge is -2.55. The molecule has 0 atom stereocenters. The molecule has 0 saturated heterocycles. The third-order valence-electron chi connectivity index (χ3n) is 6.41. The van der Waals surface area contributed by atoms with E-state index in [0.29, 0.717) is 5.56 Å². The Morgan fingerprint density at radius 2 is 1.61 bits per heavy atom. The van der Waals surface area contributed by atoms with Gasteiger partial charge >= 0.3 is 0 Å². The summed E-state index contributed by atoms with van der Waals surface area (Å²) in [6.07, 6.45) is 7.21. The molecule has 0 aromatic heterocycles. The van der Waals surface area contributed by atoms with E-state index in [1.165, 1.54) is 19.3 Å². The number of hydrogen-bond donors (Lipinski definition) is 1. The van der Waals surface area contributed by atoms with Crippen molar-refractivity contribution in [2.75, 3.05) is 5.32 Å². The summed E-state index contributed by atoms with van der Waals surface area (Å²) >= 11 is 0. The Hall–Kier alpha value is -1.64. The highest BCUT2D eigenvalue weighted by atomic mass is 16.2. The van der Waals surface area contributed by atoms with E-state index in [0.717, 1.165) is 48.3 Å². The fourth-order valence-corrected chi connectivity index (χ4v) is 5.62. The van der Waals surface area contributed by atoms with Crippen molar-refractivity contribution in [3.63, 3.8) is 0 Å². The number of aryl methyl sites for hydroxylation is 1. The van der Waals surface area contributed by atoms with E-state index in [1.807, 2.05) is 25.1 Å². The summed E-state index contributed by atoms with van der Waals surface area (Å²) in [7, 11) is 0. The molecule has 1 N–H and O–H groups in total. The number of nitrogens with one attached hydrogen (secondary N) is 1. The Labute approximate surface area is 137 Å². The Morgan fingerprint density at radius 3 is 2.13 bits per heavy atom. The van der Waals surface area contributed by atoms with Crippen LogP contribution in [0.25, 0.3) is 0 Å². The molecule has 4 bridgehead atoms. The van der Waals surface area contributed by atoms with E-state index in [9.17, 15) is 9.59 Å². The van der Waals surface area contributed by atoms with Crippen LogP contribution in [0.15, 0.2) is 18.2 Å². The topological polar surface area (TPSA) is 46.2 Å². The highest BCUT2D eigenvalue weighted by Gasteiger charge is 2.54. The summed E-state index contributed by atoms with van der Waals surface area (Å²) in [6.45, 7) is 3.55. The zero-order chi connectivity index (χ0) is 16.2. The summed E-state index contributed by atoms with van der Waals surface area (Å²) in [5.41, 5.74) is 2.34. The van der Waals surface area contributed by atoms with Gasteiger partial charge in [0.25, 0.3) is 0 Å². The number of rotatable bonds is 3. The van der Waals surface area contributed by atoms with Crippen molar-refractivity contribution in [1.82, 2.24) is 0 Å². The lowest BCUT2D eigenvalue weighted by molar-refractivity contribution is -0.140. The van der Waals surface area contributed by atoms with E-state index in [-0.39, 0.29) is 17.1 Å². The molecule has 5 rings (SSSR count). The van der Waals surface area contributed by atoms with E-state index in [1.54, 1.807) is 6.92 Å². The number of anilines is 1. The summed E-state index contributed by atoms with van der Waals surface area (Å²) in [5, 5.41) is 3.17. The molecule has 0 heterocycles.